The number of benzene rings is 2. The highest BCUT2D eigenvalue weighted by Gasteiger charge is 2.37. The van der Waals surface area contributed by atoms with Crippen LogP contribution in [0.25, 0.3) is 6.08 Å². The van der Waals surface area contributed by atoms with Crippen LogP contribution in [-0.2, 0) is 9.59 Å². The molecule has 0 aliphatic carbocycles. The van der Waals surface area contributed by atoms with Crippen LogP contribution in [0.4, 0.5) is 10.5 Å². The number of nitrogens with zero attached hydrogens (tertiary/aromatic N) is 1. The number of anilines is 1. The lowest BCUT2D eigenvalue weighted by Gasteiger charge is -2.26. The molecule has 3 rings (SSSR count). The molecule has 9 heteroatoms. The lowest BCUT2D eigenvalue weighted by molar-refractivity contribution is -0.122. The minimum Gasteiger partial charge on any atom is -0.487 e. The van der Waals surface area contributed by atoms with Crippen molar-refractivity contribution in [3.05, 3.63) is 75.3 Å². The maximum atomic E-state index is 13.0. The van der Waals surface area contributed by atoms with Crippen molar-refractivity contribution in [3.8, 4) is 5.75 Å². The van der Waals surface area contributed by atoms with E-state index in [9.17, 15) is 14.4 Å². The zero-order valence-corrected chi connectivity index (χ0v) is 17.0. The second kappa shape index (κ2) is 8.69. The van der Waals surface area contributed by atoms with Crippen LogP contribution in [0.15, 0.2) is 54.6 Å². The number of amides is 4. The first-order chi connectivity index (χ1) is 13.8. The SMILES string of the molecule is C=CCOc1c(Cl)cc(Cl)cc1/C=C1\C(=O)NC(=O)N(c2cccc(Cl)c2)C1=O. The van der Waals surface area contributed by atoms with Gasteiger partial charge in [-0.2, -0.15) is 0 Å². The molecule has 0 spiro atoms. The third-order valence-corrected chi connectivity index (χ3v) is 4.58. The molecule has 0 saturated carbocycles. The number of carbonyl (C=O) groups excluding carboxylic acids is 3. The normalized spacial score (nSPS) is 15.5. The Hall–Kier alpha value is -2.80. The van der Waals surface area contributed by atoms with Crippen molar-refractivity contribution >= 4 is 64.4 Å². The van der Waals surface area contributed by atoms with E-state index in [0.29, 0.717) is 10.6 Å². The number of urea groups is 1. The lowest BCUT2D eigenvalue weighted by Crippen LogP contribution is -2.54. The van der Waals surface area contributed by atoms with Gasteiger partial charge in [-0.15, -0.1) is 0 Å². The second-order valence-corrected chi connectivity index (χ2v) is 7.12. The fourth-order valence-corrected chi connectivity index (χ4v) is 3.39. The Labute approximate surface area is 181 Å². The van der Waals surface area contributed by atoms with Crippen LogP contribution in [0.1, 0.15) is 5.56 Å². The molecule has 0 unspecified atom stereocenters. The van der Waals surface area contributed by atoms with Gasteiger partial charge in [-0.05, 0) is 36.4 Å². The second-order valence-electron chi connectivity index (χ2n) is 5.84. The summed E-state index contributed by atoms with van der Waals surface area (Å²) in [5.41, 5.74) is 0.209. The van der Waals surface area contributed by atoms with Gasteiger partial charge in [-0.25, -0.2) is 9.69 Å². The van der Waals surface area contributed by atoms with E-state index in [1.165, 1.54) is 36.4 Å². The summed E-state index contributed by atoms with van der Waals surface area (Å²) in [6.45, 7) is 3.71. The molecule has 2 aromatic rings. The van der Waals surface area contributed by atoms with Gasteiger partial charge in [0.1, 0.15) is 17.9 Å². The number of imide groups is 2. The van der Waals surface area contributed by atoms with Gasteiger partial charge in [-0.1, -0.05) is 53.5 Å². The number of halogens is 3. The fourth-order valence-electron chi connectivity index (χ4n) is 2.64. The standard InChI is InChI=1S/C20H13Cl3N2O4/c1-2-6-29-17-11(7-13(22)10-16(17)23)8-15-18(26)24-20(28)25(19(15)27)14-5-3-4-12(21)9-14/h2-5,7-10H,1,6H2,(H,24,26,28)/b15-8+. The summed E-state index contributed by atoms with van der Waals surface area (Å²) in [6.07, 6.45) is 2.78. The highest BCUT2D eigenvalue weighted by atomic mass is 35.5. The first-order valence-corrected chi connectivity index (χ1v) is 9.35. The molecule has 29 heavy (non-hydrogen) atoms. The molecule has 1 aliphatic heterocycles. The maximum Gasteiger partial charge on any atom is 0.335 e. The summed E-state index contributed by atoms with van der Waals surface area (Å²) in [5.74, 6) is -1.47. The van der Waals surface area contributed by atoms with E-state index in [4.69, 9.17) is 39.5 Å². The van der Waals surface area contributed by atoms with Gasteiger partial charge in [0.25, 0.3) is 11.8 Å². The number of ether oxygens (including phenoxy) is 1. The summed E-state index contributed by atoms with van der Waals surface area (Å²) in [6, 6.07) is 8.19. The first kappa shape index (κ1) is 20.9. The average molecular weight is 452 g/mol. The molecule has 1 N–H and O–H groups in total. The van der Waals surface area contributed by atoms with Crippen LogP contribution in [0.2, 0.25) is 15.1 Å². The molecule has 0 bridgehead atoms. The minimum absolute atomic E-state index is 0.144. The van der Waals surface area contributed by atoms with Gasteiger partial charge < -0.3 is 4.74 Å². The number of hydrogen-bond acceptors (Lipinski definition) is 4. The molecule has 148 valence electrons. The highest BCUT2D eigenvalue weighted by molar-refractivity contribution is 6.40. The van der Waals surface area contributed by atoms with Crippen LogP contribution in [0.3, 0.4) is 0 Å². The molecule has 6 nitrogen and oxygen atoms in total. The minimum atomic E-state index is -0.883. The highest BCUT2D eigenvalue weighted by Crippen LogP contribution is 2.35. The first-order valence-electron chi connectivity index (χ1n) is 8.21. The summed E-state index contributed by atoms with van der Waals surface area (Å²) in [7, 11) is 0. The summed E-state index contributed by atoms with van der Waals surface area (Å²) in [5, 5.41) is 2.93. The molecular formula is C20H13Cl3N2O4. The summed E-state index contributed by atoms with van der Waals surface area (Å²) in [4.78, 5) is 38.4. The van der Waals surface area contributed by atoms with Gasteiger partial charge in [0.15, 0.2) is 0 Å². The summed E-state index contributed by atoms with van der Waals surface area (Å²) >= 11 is 18.2. The smallest absolute Gasteiger partial charge is 0.335 e. The van der Waals surface area contributed by atoms with Crippen LogP contribution in [0.5, 0.6) is 5.75 Å². The van der Waals surface area contributed by atoms with Gasteiger partial charge in [0.2, 0.25) is 0 Å². The van der Waals surface area contributed by atoms with Crippen molar-refractivity contribution in [1.29, 1.82) is 0 Å². The summed E-state index contributed by atoms with van der Waals surface area (Å²) < 4.78 is 5.54. The number of hydrogen-bond donors (Lipinski definition) is 1. The molecule has 0 atom stereocenters. The van der Waals surface area contributed by atoms with E-state index in [-0.39, 0.29) is 33.7 Å². The molecular weight excluding hydrogens is 439 g/mol. The van der Waals surface area contributed by atoms with E-state index < -0.39 is 17.8 Å². The lowest BCUT2D eigenvalue weighted by atomic mass is 10.1. The fraction of sp³-hybridized carbons (Fsp3) is 0.0500. The zero-order valence-electron chi connectivity index (χ0n) is 14.7. The molecule has 1 heterocycles. The van der Waals surface area contributed by atoms with E-state index in [1.807, 2.05) is 0 Å². The average Bonchev–Trinajstić information content (AvgIpc) is 2.64. The van der Waals surface area contributed by atoms with E-state index >= 15 is 0 Å². The quantitative estimate of drug-likeness (QED) is 0.399. The number of nitrogens with one attached hydrogen (secondary N) is 1. The van der Waals surface area contributed by atoms with Crippen molar-refractivity contribution < 1.29 is 19.1 Å². The van der Waals surface area contributed by atoms with Gasteiger partial charge in [0.05, 0.1) is 10.7 Å². The van der Waals surface area contributed by atoms with Crippen LogP contribution < -0.4 is 15.0 Å². The van der Waals surface area contributed by atoms with E-state index in [0.717, 1.165) is 4.90 Å². The van der Waals surface area contributed by atoms with Crippen molar-refractivity contribution in [2.24, 2.45) is 0 Å². The number of carbonyl (C=O) groups is 3. The Morgan fingerprint density at radius 1 is 1.07 bits per heavy atom. The largest absolute Gasteiger partial charge is 0.487 e. The maximum absolute atomic E-state index is 13.0. The Kier molecular flexibility index (Phi) is 6.27. The van der Waals surface area contributed by atoms with Gasteiger partial charge in [0, 0.05) is 15.6 Å². The molecule has 1 aliphatic rings. The monoisotopic (exact) mass is 450 g/mol. The van der Waals surface area contributed by atoms with Crippen LogP contribution in [0, 0.1) is 0 Å². The van der Waals surface area contributed by atoms with Crippen molar-refractivity contribution in [3.63, 3.8) is 0 Å². The third kappa shape index (κ3) is 4.45. The zero-order chi connectivity index (χ0) is 21.1. The van der Waals surface area contributed by atoms with E-state index in [2.05, 4.69) is 11.9 Å². The van der Waals surface area contributed by atoms with Crippen LogP contribution in [-0.4, -0.2) is 24.5 Å². The topological polar surface area (TPSA) is 75.7 Å². The third-order valence-electron chi connectivity index (χ3n) is 3.85. The Balaban J connectivity index is 2.09. The molecule has 2 aromatic carbocycles. The predicted octanol–water partition coefficient (Wildman–Crippen LogP) is 4.88. The molecule has 0 radical (unpaired) electrons. The predicted molar refractivity (Wildman–Crippen MR) is 113 cm³/mol. The van der Waals surface area contributed by atoms with Gasteiger partial charge >= 0.3 is 6.03 Å². The number of rotatable bonds is 5. The molecule has 1 saturated heterocycles. The van der Waals surface area contributed by atoms with Gasteiger partial charge in [-0.3, -0.25) is 14.9 Å². The Bertz CT molecular complexity index is 1070. The van der Waals surface area contributed by atoms with Crippen LogP contribution >= 0.6 is 34.8 Å². The molecule has 0 aromatic heterocycles. The molecule has 4 amide bonds. The number of barbiturate groups is 1. The Morgan fingerprint density at radius 3 is 2.52 bits per heavy atom. The van der Waals surface area contributed by atoms with E-state index in [1.54, 1.807) is 12.1 Å². The molecule has 1 fully saturated rings. The van der Waals surface area contributed by atoms with Crippen molar-refractivity contribution in [2.75, 3.05) is 11.5 Å². The Morgan fingerprint density at radius 2 is 1.83 bits per heavy atom. The van der Waals surface area contributed by atoms with Crippen molar-refractivity contribution in [1.82, 2.24) is 5.32 Å². The van der Waals surface area contributed by atoms with Crippen molar-refractivity contribution in [2.45, 2.75) is 0 Å².